The predicted molar refractivity (Wildman–Crippen MR) is 120 cm³/mol. The number of carbonyl (C=O) groups is 1. The van der Waals surface area contributed by atoms with E-state index in [1.54, 1.807) is 13.3 Å². The maximum absolute atomic E-state index is 12.5. The van der Waals surface area contributed by atoms with E-state index in [2.05, 4.69) is 57.1 Å². The Kier molecular flexibility index (Phi) is 6.30. The van der Waals surface area contributed by atoms with E-state index in [0.29, 0.717) is 29.5 Å². The summed E-state index contributed by atoms with van der Waals surface area (Å²) in [7, 11) is 1.60. The molecule has 1 N–H and O–H groups in total. The number of oxazole rings is 1. The van der Waals surface area contributed by atoms with E-state index in [0.717, 1.165) is 11.1 Å². The van der Waals surface area contributed by atoms with Crippen molar-refractivity contribution < 1.29 is 13.9 Å². The van der Waals surface area contributed by atoms with Gasteiger partial charge in [-0.15, -0.1) is 0 Å². The van der Waals surface area contributed by atoms with Crippen LogP contribution in [0.3, 0.4) is 0 Å². The van der Waals surface area contributed by atoms with Crippen molar-refractivity contribution in [1.29, 1.82) is 0 Å². The second-order valence-electron chi connectivity index (χ2n) is 8.63. The van der Waals surface area contributed by atoms with Crippen LogP contribution < -0.4 is 10.1 Å². The van der Waals surface area contributed by atoms with E-state index < -0.39 is 0 Å². The fourth-order valence-corrected chi connectivity index (χ4v) is 3.16. The molecule has 1 heterocycles. The third-order valence-corrected chi connectivity index (χ3v) is 5.25. The van der Waals surface area contributed by atoms with Crippen molar-refractivity contribution in [2.75, 3.05) is 12.4 Å². The molecule has 0 aliphatic rings. The molecule has 0 bridgehead atoms. The number of benzene rings is 2. The number of hydrogen-bond acceptors (Lipinski definition) is 4. The molecule has 5 heteroatoms. The summed E-state index contributed by atoms with van der Waals surface area (Å²) in [6.45, 7) is 10.6. The molecule has 5 nitrogen and oxygen atoms in total. The second kappa shape index (κ2) is 8.74. The number of anilines is 1. The number of aryl methyl sites for hydroxylation is 3. The standard InChI is InChI=1S/C25H30N2O3/c1-16-7-8-18(13-17(16)2)22-15-26-24(30-22)12-11-23(28)27-20-14-19(25(3,4)5)9-10-21(20)29-6/h7-10,13-15H,11-12H2,1-6H3,(H,27,28). The summed E-state index contributed by atoms with van der Waals surface area (Å²) in [5.41, 5.74) is 5.22. The molecule has 158 valence electrons. The summed E-state index contributed by atoms with van der Waals surface area (Å²) < 4.78 is 11.3. The summed E-state index contributed by atoms with van der Waals surface area (Å²) in [4.78, 5) is 16.9. The number of methoxy groups -OCH3 is 1. The van der Waals surface area contributed by atoms with E-state index in [1.165, 1.54) is 11.1 Å². The number of carbonyl (C=O) groups excluding carboxylic acids is 1. The van der Waals surface area contributed by atoms with Crippen LogP contribution in [-0.4, -0.2) is 18.0 Å². The van der Waals surface area contributed by atoms with Crippen LogP contribution in [0.1, 0.15) is 49.8 Å². The maximum Gasteiger partial charge on any atom is 0.224 e. The number of amides is 1. The van der Waals surface area contributed by atoms with Crippen LogP contribution in [0.5, 0.6) is 5.75 Å². The van der Waals surface area contributed by atoms with Gasteiger partial charge in [-0.1, -0.05) is 39.0 Å². The predicted octanol–water partition coefficient (Wildman–Crippen LogP) is 5.84. The molecule has 0 saturated heterocycles. The lowest BCUT2D eigenvalue weighted by Crippen LogP contribution is -2.16. The second-order valence-corrected chi connectivity index (χ2v) is 8.63. The minimum atomic E-state index is -0.106. The number of nitrogens with zero attached hydrogens (tertiary/aromatic N) is 1. The molecule has 0 atom stereocenters. The Morgan fingerprint density at radius 1 is 1.10 bits per heavy atom. The van der Waals surface area contributed by atoms with Crippen LogP contribution in [0.15, 0.2) is 47.0 Å². The fraction of sp³-hybridized carbons (Fsp3) is 0.360. The van der Waals surface area contributed by atoms with Crippen molar-refractivity contribution >= 4 is 11.6 Å². The topological polar surface area (TPSA) is 64.4 Å². The Hall–Kier alpha value is -3.08. The first-order chi connectivity index (χ1) is 14.2. The number of rotatable bonds is 6. The van der Waals surface area contributed by atoms with Crippen LogP contribution in [-0.2, 0) is 16.6 Å². The Morgan fingerprint density at radius 2 is 1.87 bits per heavy atom. The lowest BCUT2D eigenvalue weighted by atomic mass is 9.87. The summed E-state index contributed by atoms with van der Waals surface area (Å²) in [6, 6.07) is 12.1. The fourth-order valence-electron chi connectivity index (χ4n) is 3.16. The molecule has 1 aromatic heterocycles. The molecular weight excluding hydrogens is 376 g/mol. The molecule has 0 spiro atoms. The van der Waals surface area contributed by atoms with Gasteiger partial charge in [-0.2, -0.15) is 0 Å². The zero-order valence-corrected chi connectivity index (χ0v) is 18.6. The molecule has 3 aromatic rings. The van der Waals surface area contributed by atoms with Gasteiger partial charge in [-0.25, -0.2) is 4.98 Å². The van der Waals surface area contributed by atoms with Gasteiger partial charge in [-0.05, 0) is 54.2 Å². The zero-order chi connectivity index (χ0) is 21.9. The lowest BCUT2D eigenvalue weighted by Gasteiger charge is -2.21. The molecule has 0 fully saturated rings. The van der Waals surface area contributed by atoms with Gasteiger partial charge in [0.25, 0.3) is 0 Å². The molecule has 1 amide bonds. The van der Waals surface area contributed by atoms with E-state index in [4.69, 9.17) is 9.15 Å². The molecule has 0 aliphatic carbocycles. The SMILES string of the molecule is COc1ccc(C(C)(C)C)cc1NC(=O)CCc1ncc(-c2ccc(C)c(C)c2)o1. The third kappa shape index (κ3) is 5.09. The average Bonchev–Trinajstić information content (AvgIpc) is 3.17. The van der Waals surface area contributed by atoms with E-state index >= 15 is 0 Å². The zero-order valence-electron chi connectivity index (χ0n) is 18.6. The molecule has 0 saturated carbocycles. The van der Waals surface area contributed by atoms with Gasteiger partial charge in [0.2, 0.25) is 5.91 Å². The summed E-state index contributed by atoms with van der Waals surface area (Å²) in [5, 5.41) is 2.96. The molecule has 3 rings (SSSR count). The van der Waals surface area contributed by atoms with Crippen molar-refractivity contribution in [3.05, 3.63) is 65.2 Å². The molecular formula is C25H30N2O3. The van der Waals surface area contributed by atoms with Crippen molar-refractivity contribution in [3.8, 4) is 17.1 Å². The molecule has 0 unspecified atom stereocenters. The van der Waals surface area contributed by atoms with Crippen LogP contribution in [0.4, 0.5) is 5.69 Å². The normalized spacial score (nSPS) is 11.4. The first kappa shape index (κ1) is 21.6. The lowest BCUT2D eigenvalue weighted by molar-refractivity contribution is -0.116. The monoisotopic (exact) mass is 406 g/mol. The third-order valence-electron chi connectivity index (χ3n) is 5.25. The first-order valence-corrected chi connectivity index (χ1v) is 10.2. The van der Waals surface area contributed by atoms with E-state index in [-0.39, 0.29) is 17.7 Å². The number of ether oxygens (including phenoxy) is 1. The summed E-state index contributed by atoms with van der Waals surface area (Å²) in [5.74, 6) is 1.80. The van der Waals surface area contributed by atoms with Gasteiger partial charge in [0.15, 0.2) is 11.7 Å². The Bertz CT molecular complexity index is 1040. The van der Waals surface area contributed by atoms with Gasteiger partial charge in [0, 0.05) is 18.4 Å². The van der Waals surface area contributed by atoms with Gasteiger partial charge in [-0.3, -0.25) is 4.79 Å². The van der Waals surface area contributed by atoms with Gasteiger partial charge < -0.3 is 14.5 Å². The van der Waals surface area contributed by atoms with Crippen LogP contribution >= 0.6 is 0 Å². The Labute approximate surface area is 178 Å². The van der Waals surface area contributed by atoms with Crippen molar-refractivity contribution in [2.24, 2.45) is 0 Å². The van der Waals surface area contributed by atoms with Gasteiger partial charge >= 0.3 is 0 Å². The summed E-state index contributed by atoms with van der Waals surface area (Å²) in [6.07, 6.45) is 2.42. The average molecular weight is 407 g/mol. The Morgan fingerprint density at radius 3 is 2.53 bits per heavy atom. The molecule has 0 radical (unpaired) electrons. The largest absolute Gasteiger partial charge is 0.495 e. The summed E-state index contributed by atoms with van der Waals surface area (Å²) >= 11 is 0. The van der Waals surface area contributed by atoms with Crippen LogP contribution in [0.2, 0.25) is 0 Å². The minimum absolute atomic E-state index is 0.0193. The highest BCUT2D eigenvalue weighted by Crippen LogP contribution is 2.31. The quantitative estimate of drug-likeness (QED) is 0.559. The highest BCUT2D eigenvalue weighted by Gasteiger charge is 2.17. The number of hydrogen-bond donors (Lipinski definition) is 1. The highest BCUT2D eigenvalue weighted by atomic mass is 16.5. The number of aromatic nitrogens is 1. The van der Waals surface area contributed by atoms with Gasteiger partial charge in [0.1, 0.15) is 5.75 Å². The van der Waals surface area contributed by atoms with Crippen molar-refractivity contribution in [2.45, 2.75) is 52.9 Å². The van der Waals surface area contributed by atoms with E-state index in [1.807, 2.05) is 24.3 Å². The van der Waals surface area contributed by atoms with Crippen LogP contribution in [0, 0.1) is 13.8 Å². The maximum atomic E-state index is 12.5. The van der Waals surface area contributed by atoms with Crippen molar-refractivity contribution in [1.82, 2.24) is 4.98 Å². The highest BCUT2D eigenvalue weighted by molar-refractivity contribution is 5.92. The smallest absolute Gasteiger partial charge is 0.224 e. The number of nitrogens with one attached hydrogen (secondary N) is 1. The minimum Gasteiger partial charge on any atom is -0.495 e. The molecule has 2 aromatic carbocycles. The first-order valence-electron chi connectivity index (χ1n) is 10.2. The van der Waals surface area contributed by atoms with Crippen LogP contribution in [0.25, 0.3) is 11.3 Å². The van der Waals surface area contributed by atoms with E-state index in [9.17, 15) is 4.79 Å². The van der Waals surface area contributed by atoms with Crippen molar-refractivity contribution in [3.63, 3.8) is 0 Å². The molecule has 0 aliphatic heterocycles. The Balaban J connectivity index is 1.65. The van der Waals surface area contributed by atoms with Gasteiger partial charge in [0.05, 0.1) is 19.0 Å². The molecule has 30 heavy (non-hydrogen) atoms.